The number of piperidine rings is 1. The van der Waals surface area contributed by atoms with Gasteiger partial charge in [-0.2, -0.15) is 4.31 Å². The molecule has 0 amide bonds. The van der Waals surface area contributed by atoms with Crippen LogP contribution in [0.2, 0.25) is 0 Å². The SMILES string of the molecule is CCn1cc(S(=O)(=O)N2CCC[C@H](O)C2)nc1C. The summed E-state index contributed by atoms with van der Waals surface area (Å²) in [5.41, 5.74) is 0. The number of nitrogens with zero attached hydrogens (tertiary/aromatic N) is 3. The number of imidazole rings is 1. The molecule has 1 N–H and O–H groups in total. The second-order valence-corrected chi connectivity index (χ2v) is 6.46. The molecule has 1 aliphatic heterocycles. The van der Waals surface area contributed by atoms with E-state index < -0.39 is 16.1 Å². The van der Waals surface area contributed by atoms with E-state index in [0.29, 0.717) is 31.8 Å². The molecule has 0 spiro atoms. The monoisotopic (exact) mass is 273 g/mol. The van der Waals surface area contributed by atoms with Gasteiger partial charge in [0.15, 0.2) is 5.03 Å². The number of β-amino-alcohol motifs (C(OH)–C–C–N with tert-alkyl or cyclic N) is 1. The zero-order chi connectivity index (χ0) is 13.3. The van der Waals surface area contributed by atoms with Crippen molar-refractivity contribution < 1.29 is 13.5 Å². The predicted octanol–water partition coefficient (Wildman–Crippen LogP) is 0.357. The van der Waals surface area contributed by atoms with Crippen LogP contribution in [-0.4, -0.2) is 46.6 Å². The fraction of sp³-hybridized carbons (Fsp3) is 0.727. The number of rotatable bonds is 3. The number of hydrogen-bond donors (Lipinski definition) is 1. The van der Waals surface area contributed by atoms with Gasteiger partial charge in [-0.25, -0.2) is 13.4 Å². The number of sulfonamides is 1. The van der Waals surface area contributed by atoms with E-state index in [1.807, 2.05) is 6.92 Å². The molecule has 0 aromatic carbocycles. The van der Waals surface area contributed by atoms with Crippen LogP contribution in [0, 0.1) is 6.92 Å². The van der Waals surface area contributed by atoms with Gasteiger partial charge in [0.1, 0.15) is 5.82 Å². The summed E-state index contributed by atoms with van der Waals surface area (Å²) in [6.07, 6.45) is 2.34. The lowest BCUT2D eigenvalue weighted by atomic mass is 10.1. The third kappa shape index (κ3) is 2.43. The van der Waals surface area contributed by atoms with E-state index in [1.54, 1.807) is 17.7 Å². The molecule has 7 heteroatoms. The Bertz CT molecular complexity index is 524. The average molecular weight is 273 g/mol. The summed E-state index contributed by atoms with van der Waals surface area (Å²) in [6, 6.07) is 0. The highest BCUT2D eigenvalue weighted by molar-refractivity contribution is 7.89. The van der Waals surface area contributed by atoms with Crippen LogP contribution < -0.4 is 0 Å². The van der Waals surface area contributed by atoms with Gasteiger partial charge in [-0.05, 0) is 26.7 Å². The van der Waals surface area contributed by atoms with Crippen molar-refractivity contribution in [2.45, 2.75) is 44.4 Å². The van der Waals surface area contributed by atoms with E-state index >= 15 is 0 Å². The molecule has 18 heavy (non-hydrogen) atoms. The fourth-order valence-corrected chi connectivity index (χ4v) is 3.71. The van der Waals surface area contributed by atoms with E-state index in [-0.39, 0.29) is 11.6 Å². The Hall–Kier alpha value is -0.920. The largest absolute Gasteiger partial charge is 0.392 e. The maximum Gasteiger partial charge on any atom is 0.262 e. The summed E-state index contributed by atoms with van der Waals surface area (Å²) in [6.45, 7) is 5.04. The lowest BCUT2D eigenvalue weighted by Crippen LogP contribution is -2.42. The molecule has 0 saturated carbocycles. The average Bonchev–Trinajstić information content (AvgIpc) is 2.71. The van der Waals surface area contributed by atoms with Gasteiger partial charge in [-0.1, -0.05) is 0 Å². The van der Waals surface area contributed by atoms with Gasteiger partial charge in [-0.15, -0.1) is 0 Å². The first-order chi connectivity index (χ1) is 8.45. The van der Waals surface area contributed by atoms with Gasteiger partial charge >= 0.3 is 0 Å². The van der Waals surface area contributed by atoms with E-state index in [2.05, 4.69) is 4.98 Å². The van der Waals surface area contributed by atoms with E-state index in [9.17, 15) is 13.5 Å². The van der Waals surface area contributed by atoms with Crippen molar-refractivity contribution in [2.24, 2.45) is 0 Å². The molecular weight excluding hydrogens is 254 g/mol. The number of aryl methyl sites for hydroxylation is 2. The fourth-order valence-electron chi connectivity index (χ4n) is 2.20. The first-order valence-electron chi connectivity index (χ1n) is 6.17. The van der Waals surface area contributed by atoms with Crippen LogP contribution >= 0.6 is 0 Å². The van der Waals surface area contributed by atoms with Crippen LogP contribution in [0.4, 0.5) is 0 Å². The van der Waals surface area contributed by atoms with Crippen molar-refractivity contribution in [3.05, 3.63) is 12.0 Å². The second-order valence-electron chi connectivity index (χ2n) is 4.57. The van der Waals surface area contributed by atoms with Gasteiger partial charge in [-0.3, -0.25) is 0 Å². The molecule has 1 aromatic rings. The third-order valence-corrected chi connectivity index (χ3v) is 4.99. The highest BCUT2D eigenvalue weighted by Crippen LogP contribution is 2.20. The first kappa shape index (κ1) is 13.5. The summed E-state index contributed by atoms with van der Waals surface area (Å²) in [5.74, 6) is 0.689. The molecule has 1 aliphatic rings. The minimum absolute atomic E-state index is 0.0796. The van der Waals surface area contributed by atoms with Crippen LogP contribution in [0.25, 0.3) is 0 Å². The van der Waals surface area contributed by atoms with E-state index in [1.165, 1.54) is 4.31 Å². The molecule has 1 fully saturated rings. The van der Waals surface area contributed by atoms with E-state index in [4.69, 9.17) is 0 Å². The number of aliphatic hydroxyl groups is 1. The van der Waals surface area contributed by atoms with Gasteiger partial charge < -0.3 is 9.67 Å². The van der Waals surface area contributed by atoms with Crippen molar-refractivity contribution in [1.82, 2.24) is 13.9 Å². The number of aromatic nitrogens is 2. The molecule has 0 aliphatic carbocycles. The summed E-state index contributed by atoms with van der Waals surface area (Å²) in [4.78, 5) is 4.11. The van der Waals surface area contributed by atoms with E-state index in [0.717, 1.165) is 0 Å². The zero-order valence-electron chi connectivity index (χ0n) is 10.7. The molecule has 0 unspecified atom stereocenters. The Kier molecular flexibility index (Phi) is 3.74. The van der Waals surface area contributed by atoms with Crippen molar-refractivity contribution in [2.75, 3.05) is 13.1 Å². The lowest BCUT2D eigenvalue weighted by Gasteiger charge is -2.28. The summed E-state index contributed by atoms with van der Waals surface area (Å²) in [7, 11) is -3.57. The smallest absolute Gasteiger partial charge is 0.262 e. The van der Waals surface area contributed by atoms with Crippen LogP contribution in [0.15, 0.2) is 11.2 Å². The molecule has 102 valence electrons. The van der Waals surface area contributed by atoms with Crippen molar-refractivity contribution >= 4 is 10.0 Å². The lowest BCUT2D eigenvalue weighted by molar-refractivity contribution is 0.108. The first-order valence-corrected chi connectivity index (χ1v) is 7.61. The molecule has 2 rings (SSSR count). The minimum atomic E-state index is -3.57. The Morgan fingerprint density at radius 1 is 1.56 bits per heavy atom. The maximum atomic E-state index is 12.4. The standard InChI is InChI=1S/C11H19N3O3S/c1-3-13-8-11(12-9(13)2)18(16,17)14-6-4-5-10(15)7-14/h8,10,15H,3-7H2,1-2H3/t10-/m0/s1. The topological polar surface area (TPSA) is 75.4 Å². The Labute approximate surface area is 107 Å². The van der Waals surface area contributed by atoms with Gasteiger partial charge in [0.2, 0.25) is 0 Å². The Balaban J connectivity index is 2.29. The third-order valence-electron chi connectivity index (χ3n) is 3.26. The predicted molar refractivity (Wildman–Crippen MR) is 66.6 cm³/mol. The van der Waals surface area contributed by atoms with Gasteiger partial charge in [0.25, 0.3) is 10.0 Å². The highest BCUT2D eigenvalue weighted by Gasteiger charge is 2.31. The molecule has 2 heterocycles. The van der Waals surface area contributed by atoms with Crippen LogP contribution in [0.5, 0.6) is 0 Å². The Morgan fingerprint density at radius 3 is 2.83 bits per heavy atom. The normalized spacial score (nSPS) is 22.3. The van der Waals surface area contributed by atoms with Crippen LogP contribution in [0.3, 0.4) is 0 Å². The molecule has 1 atom stereocenters. The minimum Gasteiger partial charge on any atom is -0.392 e. The summed E-state index contributed by atoms with van der Waals surface area (Å²) in [5, 5.41) is 9.64. The zero-order valence-corrected chi connectivity index (χ0v) is 11.5. The molecule has 6 nitrogen and oxygen atoms in total. The van der Waals surface area contributed by atoms with Gasteiger partial charge in [0.05, 0.1) is 6.10 Å². The number of aliphatic hydroxyl groups excluding tert-OH is 1. The van der Waals surface area contributed by atoms with Crippen LogP contribution in [0.1, 0.15) is 25.6 Å². The van der Waals surface area contributed by atoms with Crippen LogP contribution in [-0.2, 0) is 16.6 Å². The number of hydrogen-bond acceptors (Lipinski definition) is 4. The van der Waals surface area contributed by atoms with Crippen molar-refractivity contribution in [3.63, 3.8) is 0 Å². The Morgan fingerprint density at radius 2 is 2.28 bits per heavy atom. The quantitative estimate of drug-likeness (QED) is 0.862. The summed E-state index contributed by atoms with van der Waals surface area (Å²) < 4.78 is 27.8. The molecule has 0 radical (unpaired) electrons. The highest BCUT2D eigenvalue weighted by atomic mass is 32.2. The molecule has 1 saturated heterocycles. The molecule has 1 aromatic heterocycles. The van der Waals surface area contributed by atoms with Crippen molar-refractivity contribution in [1.29, 1.82) is 0 Å². The summed E-state index contributed by atoms with van der Waals surface area (Å²) >= 11 is 0. The second kappa shape index (κ2) is 4.99. The molecular formula is C11H19N3O3S. The van der Waals surface area contributed by atoms with Crippen molar-refractivity contribution in [3.8, 4) is 0 Å². The van der Waals surface area contributed by atoms with Gasteiger partial charge in [0, 0.05) is 25.8 Å². The molecule has 0 bridgehead atoms. The maximum absolute atomic E-state index is 12.4.